The van der Waals surface area contributed by atoms with Crippen LogP contribution in [0.15, 0.2) is 34.8 Å². The van der Waals surface area contributed by atoms with Crippen LogP contribution in [0, 0.1) is 11.3 Å². The fourth-order valence-electron chi connectivity index (χ4n) is 3.88. The Bertz CT molecular complexity index is 1090. The van der Waals surface area contributed by atoms with Gasteiger partial charge in [0, 0.05) is 45.5 Å². The van der Waals surface area contributed by atoms with Gasteiger partial charge in [-0.25, -0.2) is 4.98 Å². The highest BCUT2D eigenvalue weighted by Crippen LogP contribution is 2.20. The Balaban J connectivity index is 1.70. The van der Waals surface area contributed by atoms with Crippen LogP contribution in [0.25, 0.3) is 11.7 Å². The van der Waals surface area contributed by atoms with Crippen molar-refractivity contribution < 1.29 is 9.53 Å². The molecule has 0 radical (unpaired) electrons. The van der Waals surface area contributed by atoms with E-state index in [1.807, 2.05) is 24.1 Å². The summed E-state index contributed by atoms with van der Waals surface area (Å²) < 4.78 is 6.95. The van der Waals surface area contributed by atoms with Crippen molar-refractivity contribution in [1.82, 2.24) is 19.6 Å². The molecule has 1 amide bonds. The van der Waals surface area contributed by atoms with Gasteiger partial charge in [0.25, 0.3) is 11.5 Å². The van der Waals surface area contributed by atoms with Gasteiger partial charge >= 0.3 is 0 Å². The van der Waals surface area contributed by atoms with Gasteiger partial charge in [-0.2, -0.15) is 5.26 Å². The zero-order chi connectivity index (χ0) is 21.8. The number of nitriles is 1. The second kappa shape index (κ2) is 9.29. The molecular weight excluding hydrogens is 396 g/mol. The number of amides is 1. The van der Waals surface area contributed by atoms with Gasteiger partial charge in [-0.1, -0.05) is 6.07 Å². The number of likely N-dealkylation sites (N-methyl/N-ethyl adjacent to an activating group) is 1. The quantitative estimate of drug-likeness (QED) is 0.557. The van der Waals surface area contributed by atoms with Crippen LogP contribution in [0.4, 0.5) is 5.82 Å². The van der Waals surface area contributed by atoms with Gasteiger partial charge in [0.2, 0.25) is 0 Å². The molecule has 2 aliphatic rings. The number of fused-ring (bicyclic) bond motifs is 1. The lowest BCUT2D eigenvalue weighted by Crippen LogP contribution is -2.45. The zero-order valence-electron chi connectivity index (χ0n) is 17.6. The number of carbonyl (C=O) groups excluding carboxylic acids is 1. The minimum absolute atomic E-state index is 0.0299. The van der Waals surface area contributed by atoms with E-state index in [4.69, 9.17) is 9.72 Å². The summed E-state index contributed by atoms with van der Waals surface area (Å²) in [5, 5.41) is 12.4. The second-order valence-corrected chi connectivity index (χ2v) is 7.89. The molecule has 2 saturated heterocycles. The molecule has 1 atom stereocenters. The molecule has 0 spiro atoms. The summed E-state index contributed by atoms with van der Waals surface area (Å²) in [6, 6.07) is 7.29. The number of rotatable bonds is 5. The number of pyridine rings is 1. The van der Waals surface area contributed by atoms with Crippen LogP contribution in [-0.2, 0) is 9.53 Å². The Morgan fingerprint density at radius 1 is 1.35 bits per heavy atom. The summed E-state index contributed by atoms with van der Waals surface area (Å²) in [4.78, 5) is 34.9. The Hall–Kier alpha value is -3.22. The number of anilines is 1. The average molecular weight is 422 g/mol. The minimum Gasteiger partial charge on any atom is -0.376 e. The van der Waals surface area contributed by atoms with Gasteiger partial charge in [-0.15, -0.1) is 0 Å². The van der Waals surface area contributed by atoms with Crippen LogP contribution in [0.1, 0.15) is 18.4 Å². The van der Waals surface area contributed by atoms with E-state index >= 15 is 0 Å². The predicted octanol–water partition coefficient (Wildman–Crippen LogP) is 0.648. The molecular formula is C22H26N6O3. The lowest BCUT2D eigenvalue weighted by atomic mass is 10.1. The molecule has 162 valence electrons. The fourth-order valence-corrected chi connectivity index (χ4v) is 3.88. The van der Waals surface area contributed by atoms with Crippen molar-refractivity contribution >= 4 is 23.4 Å². The molecule has 31 heavy (non-hydrogen) atoms. The lowest BCUT2D eigenvalue weighted by Gasteiger charge is -2.34. The number of ether oxygens (including phenoxy) is 1. The van der Waals surface area contributed by atoms with Crippen molar-refractivity contribution in [3.8, 4) is 6.07 Å². The average Bonchev–Trinajstić information content (AvgIpc) is 3.31. The van der Waals surface area contributed by atoms with E-state index in [0.29, 0.717) is 37.7 Å². The highest BCUT2D eigenvalue weighted by Gasteiger charge is 2.23. The normalized spacial score (nSPS) is 20.1. The number of hydrogen-bond donors (Lipinski definition) is 1. The van der Waals surface area contributed by atoms with E-state index in [0.717, 1.165) is 25.9 Å². The van der Waals surface area contributed by atoms with Crippen molar-refractivity contribution in [2.24, 2.45) is 0 Å². The summed E-state index contributed by atoms with van der Waals surface area (Å²) in [6.45, 7) is 4.13. The SMILES string of the molecule is CN1CCN(c2nc3ccccn3c(=O)c2/C=C(\C#N)C(=O)NC[C@@H]2CCCO2)CC1. The molecule has 9 heteroatoms. The smallest absolute Gasteiger partial charge is 0.267 e. The molecule has 9 nitrogen and oxygen atoms in total. The first-order valence-electron chi connectivity index (χ1n) is 10.5. The summed E-state index contributed by atoms with van der Waals surface area (Å²) in [7, 11) is 2.05. The number of hydrogen-bond acceptors (Lipinski definition) is 7. The fraction of sp³-hybridized carbons (Fsp3) is 0.455. The molecule has 2 aliphatic heterocycles. The van der Waals surface area contributed by atoms with Crippen molar-refractivity contribution in [2.45, 2.75) is 18.9 Å². The largest absolute Gasteiger partial charge is 0.376 e. The van der Waals surface area contributed by atoms with Crippen molar-refractivity contribution in [1.29, 1.82) is 5.26 Å². The monoisotopic (exact) mass is 422 g/mol. The van der Waals surface area contributed by atoms with Gasteiger partial charge in [0.05, 0.1) is 11.7 Å². The first kappa shape index (κ1) is 21.0. The summed E-state index contributed by atoms with van der Waals surface area (Å²) in [6.07, 6.45) is 4.83. The van der Waals surface area contributed by atoms with E-state index in [1.165, 1.54) is 10.5 Å². The molecule has 2 aromatic heterocycles. The zero-order valence-corrected chi connectivity index (χ0v) is 17.6. The molecule has 0 saturated carbocycles. The maximum absolute atomic E-state index is 13.3. The molecule has 2 fully saturated rings. The molecule has 2 aromatic rings. The van der Waals surface area contributed by atoms with Gasteiger partial charge in [-0.3, -0.25) is 14.0 Å². The van der Waals surface area contributed by atoms with Gasteiger partial charge in [0.15, 0.2) is 0 Å². The van der Waals surface area contributed by atoms with Crippen molar-refractivity contribution in [3.05, 3.63) is 45.9 Å². The summed E-state index contributed by atoms with van der Waals surface area (Å²) in [5.41, 5.74) is 0.347. The third-order valence-electron chi connectivity index (χ3n) is 5.72. The van der Waals surface area contributed by atoms with E-state index in [-0.39, 0.29) is 22.8 Å². The maximum Gasteiger partial charge on any atom is 0.267 e. The number of nitrogens with one attached hydrogen (secondary N) is 1. The molecule has 1 N–H and O–H groups in total. The Kier molecular flexibility index (Phi) is 6.30. The van der Waals surface area contributed by atoms with E-state index in [9.17, 15) is 14.9 Å². The first-order chi connectivity index (χ1) is 15.1. The second-order valence-electron chi connectivity index (χ2n) is 7.89. The third-order valence-corrected chi connectivity index (χ3v) is 5.72. The Morgan fingerprint density at radius 2 is 2.16 bits per heavy atom. The topological polar surface area (TPSA) is 103 Å². The van der Waals surface area contributed by atoms with E-state index < -0.39 is 5.91 Å². The van der Waals surface area contributed by atoms with Crippen LogP contribution in [0.5, 0.6) is 0 Å². The van der Waals surface area contributed by atoms with Gasteiger partial charge < -0.3 is 19.9 Å². The molecule has 0 aliphatic carbocycles. The van der Waals surface area contributed by atoms with E-state index in [1.54, 1.807) is 18.3 Å². The number of nitrogens with zero attached hydrogens (tertiary/aromatic N) is 5. The third kappa shape index (κ3) is 4.60. The van der Waals surface area contributed by atoms with Crippen LogP contribution >= 0.6 is 0 Å². The molecule has 4 rings (SSSR count). The van der Waals surface area contributed by atoms with Gasteiger partial charge in [-0.05, 0) is 38.1 Å². The molecule has 0 unspecified atom stereocenters. The molecule has 4 heterocycles. The van der Waals surface area contributed by atoms with Gasteiger partial charge in [0.1, 0.15) is 23.1 Å². The number of piperazine rings is 1. The maximum atomic E-state index is 13.3. The number of aromatic nitrogens is 2. The first-order valence-corrected chi connectivity index (χ1v) is 10.5. The van der Waals surface area contributed by atoms with Crippen molar-refractivity contribution in [3.63, 3.8) is 0 Å². The Labute approximate surface area is 180 Å². The van der Waals surface area contributed by atoms with Crippen LogP contribution in [0.2, 0.25) is 0 Å². The minimum atomic E-state index is -0.514. The lowest BCUT2D eigenvalue weighted by molar-refractivity contribution is -0.117. The molecule has 0 aromatic carbocycles. The Morgan fingerprint density at radius 3 is 2.87 bits per heavy atom. The highest BCUT2D eigenvalue weighted by atomic mass is 16.5. The summed E-state index contributed by atoms with van der Waals surface area (Å²) >= 11 is 0. The predicted molar refractivity (Wildman–Crippen MR) is 117 cm³/mol. The van der Waals surface area contributed by atoms with Crippen LogP contribution in [-0.4, -0.2) is 72.7 Å². The van der Waals surface area contributed by atoms with Crippen molar-refractivity contribution in [2.75, 3.05) is 51.3 Å². The number of carbonyl (C=O) groups is 1. The van der Waals surface area contributed by atoms with E-state index in [2.05, 4.69) is 10.2 Å². The summed E-state index contributed by atoms with van der Waals surface area (Å²) in [5.74, 6) is -0.0103. The highest BCUT2D eigenvalue weighted by molar-refractivity contribution is 6.02. The van der Waals surface area contributed by atoms with Crippen LogP contribution < -0.4 is 15.8 Å². The molecule has 0 bridgehead atoms. The standard InChI is InChI=1S/C22H26N6O3/c1-26-8-10-27(11-9-26)20-18(22(30)28-7-3-2-6-19(28)25-20)13-16(14-23)21(29)24-15-17-5-4-12-31-17/h2-3,6-7,13,17H,4-5,8-12,15H2,1H3,(H,24,29)/b16-13+/t17-/m0/s1. The van der Waals surface area contributed by atoms with Crippen LogP contribution in [0.3, 0.4) is 0 Å².